The summed E-state index contributed by atoms with van der Waals surface area (Å²) in [5.41, 5.74) is 8.44. The van der Waals surface area contributed by atoms with Gasteiger partial charge in [-0.05, 0) is 40.6 Å². The molecular weight excluding hydrogens is 226 g/mol. The number of nitrogens with zero attached hydrogens (tertiary/aromatic N) is 3. The van der Waals surface area contributed by atoms with Crippen molar-refractivity contribution < 1.29 is 0 Å². The number of nitrogens with one attached hydrogen (secondary N) is 1. The molecule has 5 heteroatoms. The Morgan fingerprint density at radius 1 is 1.39 bits per heavy atom. The molecule has 0 unspecified atom stereocenters. The first-order valence-electron chi connectivity index (χ1n) is 6.18. The van der Waals surface area contributed by atoms with Crippen molar-refractivity contribution in [1.82, 2.24) is 20.6 Å². The maximum Gasteiger partial charge on any atom is 0.204 e. The van der Waals surface area contributed by atoms with E-state index in [1.165, 1.54) is 5.56 Å². The van der Waals surface area contributed by atoms with E-state index in [0.29, 0.717) is 23.1 Å². The van der Waals surface area contributed by atoms with Crippen LogP contribution in [0.15, 0.2) is 24.3 Å². The molecule has 1 saturated carbocycles. The summed E-state index contributed by atoms with van der Waals surface area (Å²) < 4.78 is 0. The lowest BCUT2D eigenvalue weighted by Gasteiger charge is -2.04. The van der Waals surface area contributed by atoms with Crippen LogP contribution in [0.2, 0.25) is 0 Å². The Morgan fingerprint density at radius 2 is 2.22 bits per heavy atom. The van der Waals surface area contributed by atoms with Gasteiger partial charge in [-0.2, -0.15) is 5.21 Å². The van der Waals surface area contributed by atoms with Crippen molar-refractivity contribution in [2.45, 2.75) is 19.8 Å². The molecule has 94 valence electrons. The van der Waals surface area contributed by atoms with Crippen LogP contribution in [0.5, 0.6) is 0 Å². The van der Waals surface area contributed by atoms with Crippen molar-refractivity contribution in [2.24, 2.45) is 17.1 Å². The molecule has 1 aliphatic rings. The highest BCUT2D eigenvalue weighted by molar-refractivity contribution is 5.56. The van der Waals surface area contributed by atoms with Gasteiger partial charge < -0.3 is 5.73 Å². The summed E-state index contributed by atoms with van der Waals surface area (Å²) in [4.78, 5) is 0. The topological polar surface area (TPSA) is 80.5 Å². The number of tetrazole rings is 1. The summed E-state index contributed by atoms with van der Waals surface area (Å²) in [6, 6.07) is 8.35. The number of benzene rings is 1. The SMILES string of the molecule is CC1(C)[C@H](CN)[C@H]1c1cccc(-c2nn[nH]n2)c1. The normalized spacial score (nSPS) is 25.1. The van der Waals surface area contributed by atoms with E-state index in [9.17, 15) is 0 Å². The number of rotatable bonds is 3. The third-order valence-corrected chi connectivity index (χ3v) is 4.15. The van der Waals surface area contributed by atoms with Gasteiger partial charge in [0.15, 0.2) is 0 Å². The van der Waals surface area contributed by atoms with Crippen LogP contribution in [0.25, 0.3) is 11.4 Å². The Bertz CT molecular complexity index is 546. The average Bonchev–Trinajstić information content (AvgIpc) is 2.76. The third kappa shape index (κ3) is 1.62. The number of H-pyrrole nitrogens is 1. The Kier molecular flexibility index (Phi) is 2.45. The Balaban J connectivity index is 1.94. The molecule has 3 N–H and O–H groups in total. The van der Waals surface area contributed by atoms with Gasteiger partial charge in [-0.15, -0.1) is 10.2 Å². The predicted molar refractivity (Wildman–Crippen MR) is 68.7 cm³/mol. The van der Waals surface area contributed by atoms with E-state index < -0.39 is 0 Å². The van der Waals surface area contributed by atoms with Gasteiger partial charge in [0, 0.05) is 5.56 Å². The summed E-state index contributed by atoms with van der Waals surface area (Å²) in [7, 11) is 0. The molecule has 0 spiro atoms. The van der Waals surface area contributed by atoms with Gasteiger partial charge in [0.05, 0.1) is 0 Å². The Hall–Kier alpha value is -1.75. The van der Waals surface area contributed by atoms with Crippen LogP contribution in [0.4, 0.5) is 0 Å². The van der Waals surface area contributed by atoms with Gasteiger partial charge in [0.1, 0.15) is 0 Å². The minimum absolute atomic E-state index is 0.296. The smallest absolute Gasteiger partial charge is 0.204 e. The predicted octanol–water partition coefficient (Wildman–Crippen LogP) is 1.56. The summed E-state index contributed by atoms with van der Waals surface area (Å²) in [5.74, 6) is 1.74. The molecule has 0 saturated heterocycles. The highest BCUT2D eigenvalue weighted by Crippen LogP contribution is 2.63. The zero-order valence-corrected chi connectivity index (χ0v) is 10.6. The van der Waals surface area contributed by atoms with Gasteiger partial charge in [-0.3, -0.25) is 0 Å². The highest BCUT2D eigenvalue weighted by Gasteiger charge is 2.57. The van der Waals surface area contributed by atoms with Gasteiger partial charge >= 0.3 is 0 Å². The summed E-state index contributed by atoms with van der Waals surface area (Å²) in [6.45, 7) is 5.29. The van der Waals surface area contributed by atoms with Crippen LogP contribution in [0, 0.1) is 11.3 Å². The van der Waals surface area contributed by atoms with E-state index in [4.69, 9.17) is 5.73 Å². The minimum Gasteiger partial charge on any atom is -0.330 e. The molecule has 18 heavy (non-hydrogen) atoms. The second kappa shape index (κ2) is 3.88. The zero-order valence-electron chi connectivity index (χ0n) is 10.6. The molecule has 0 amide bonds. The van der Waals surface area contributed by atoms with Crippen LogP contribution < -0.4 is 5.73 Å². The van der Waals surface area contributed by atoms with Crippen molar-refractivity contribution in [3.05, 3.63) is 29.8 Å². The minimum atomic E-state index is 0.296. The van der Waals surface area contributed by atoms with E-state index in [2.05, 4.69) is 46.6 Å². The van der Waals surface area contributed by atoms with E-state index >= 15 is 0 Å². The molecule has 1 aromatic heterocycles. The van der Waals surface area contributed by atoms with Gasteiger partial charge in [-0.25, -0.2) is 0 Å². The van der Waals surface area contributed by atoms with Crippen molar-refractivity contribution in [1.29, 1.82) is 0 Å². The van der Waals surface area contributed by atoms with Crippen LogP contribution in [-0.2, 0) is 0 Å². The molecule has 0 radical (unpaired) electrons. The maximum absolute atomic E-state index is 5.83. The number of aromatic nitrogens is 4. The summed E-state index contributed by atoms with van der Waals surface area (Å²) in [6.07, 6.45) is 0. The summed E-state index contributed by atoms with van der Waals surface area (Å²) in [5, 5.41) is 14.1. The van der Waals surface area contributed by atoms with E-state index in [1.807, 2.05) is 12.1 Å². The fraction of sp³-hybridized carbons (Fsp3) is 0.462. The van der Waals surface area contributed by atoms with E-state index in [1.54, 1.807) is 0 Å². The quantitative estimate of drug-likeness (QED) is 0.857. The van der Waals surface area contributed by atoms with Crippen molar-refractivity contribution in [3.8, 4) is 11.4 Å². The average molecular weight is 243 g/mol. The molecule has 1 aromatic carbocycles. The number of nitrogens with two attached hydrogens (primary N) is 1. The molecule has 5 nitrogen and oxygen atoms in total. The molecule has 0 aliphatic heterocycles. The van der Waals surface area contributed by atoms with Crippen LogP contribution in [0.3, 0.4) is 0 Å². The van der Waals surface area contributed by atoms with Crippen molar-refractivity contribution >= 4 is 0 Å². The van der Waals surface area contributed by atoms with E-state index in [0.717, 1.165) is 12.1 Å². The number of hydrogen-bond donors (Lipinski definition) is 2. The highest BCUT2D eigenvalue weighted by atomic mass is 15.5. The molecule has 2 atom stereocenters. The first-order valence-corrected chi connectivity index (χ1v) is 6.18. The van der Waals surface area contributed by atoms with E-state index in [-0.39, 0.29) is 0 Å². The molecule has 3 rings (SSSR count). The third-order valence-electron chi connectivity index (χ3n) is 4.15. The number of hydrogen-bond acceptors (Lipinski definition) is 4. The molecule has 0 bridgehead atoms. The van der Waals surface area contributed by atoms with Crippen molar-refractivity contribution in [2.75, 3.05) is 6.54 Å². The Labute approximate surface area is 106 Å². The van der Waals surface area contributed by atoms with Gasteiger partial charge in [0.2, 0.25) is 5.82 Å². The van der Waals surface area contributed by atoms with Crippen LogP contribution in [0.1, 0.15) is 25.3 Å². The fourth-order valence-electron chi connectivity index (χ4n) is 3.00. The molecule has 1 heterocycles. The number of aromatic amines is 1. The van der Waals surface area contributed by atoms with Crippen molar-refractivity contribution in [3.63, 3.8) is 0 Å². The fourth-order valence-corrected chi connectivity index (χ4v) is 3.00. The summed E-state index contributed by atoms with van der Waals surface area (Å²) >= 11 is 0. The lowest BCUT2D eigenvalue weighted by Crippen LogP contribution is -2.05. The largest absolute Gasteiger partial charge is 0.330 e. The second-order valence-electron chi connectivity index (χ2n) is 5.50. The standard InChI is InChI=1S/C13H17N5/c1-13(2)10(7-14)11(13)8-4-3-5-9(6-8)12-15-17-18-16-12/h3-6,10-11H,7,14H2,1-2H3,(H,15,16,17,18)/t10-,11-/m1/s1. The van der Waals surface area contributed by atoms with Crippen LogP contribution in [-0.4, -0.2) is 27.2 Å². The van der Waals surface area contributed by atoms with Gasteiger partial charge in [-0.1, -0.05) is 32.0 Å². The first-order chi connectivity index (χ1) is 8.64. The molecule has 1 fully saturated rings. The lowest BCUT2D eigenvalue weighted by atomic mass is 10.0. The Morgan fingerprint density at radius 3 is 2.83 bits per heavy atom. The zero-order chi connectivity index (χ0) is 12.8. The maximum atomic E-state index is 5.83. The van der Waals surface area contributed by atoms with Crippen LogP contribution >= 0.6 is 0 Å². The monoisotopic (exact) mass is 243 g/mol. The molecular formula is C13H17N5. The van der Waals surface area contributed by atoms with Gasteiger partial charge in [0.25, 0.3) is 0 Å². The lowest BCUT2D eigenvalue weighted by molar-refractivity contribution is 0.558. The molecule has 2 aromatic rings. The first kappa shape index (κ1) is 11.3. The molecule has 1 aliphatic carbocycles. The second-order valence-corrected chi connectivity index (χ2v) is 5.50.